The summed E-state index contributed by atoms with van der Waals surface area (Å²) in [7, 11) is 0. The lowest BCUT2D eigenvalue weighted by Crippen LogP contribution is -2.33. The normalized spacial score (nSPS) is 10.4. The molecule has 2 aromatic rings. The second-order valence-corrected chi connectivity index (χ2v) is 7.61. The van der Waals surface area contributed by atoms with Gasteiger partial charge in [-0.3, -0.25) is 9.59 Å². The van der Waals surface area contributed by atoms with Crippen LogP contribution in [-0.2, 0) is 15.3 Å². The first kappa shape index (κ1) is 19.5. The van der Waals surface area contributed by atoms with Crippen LogP contribution in [0.5, 0.6) is 0 Å². The fourth-order valence-electron chi connectivity index (χ4n) is 2.10. The number of carbonyl (C=O) groups is 2. The van der Waals surface area contributed by atoms with Gasteiger partial charge in [-0.05, 0) is 43.2 Å². The van der Waals surface area contributed by atoms with Gasteiger partial charge >= 0.3 is 0 Å². The second kappa shape index (κ2) is 9.63. The van der Waals surface area contributed by atoms with E-state index < -0.39 is 0 Å². The molecule has 2 N–H and O–H groups in total. The molecule has 0 spiro atoms. The van der Waals surface area contributed by atoms with E-state index in [4.69, 9.17) is 0 Å². The molecule has 0 fully saturated rings. The predicted octanol–water partition coefficient (Wildman–Crippen LogP) is 4.05. The van der Waals surface area contributed by atoms with Crippen molar-refractivity contribution in [3.8, 4) is 0 Å². The Morgan fingerprint density at radius 2 is 1.76 bits per heavy atom. The number of rotatable bonds is 7. The number of anilines is 1. The van der Waals surface area contributed by atoms with Crippen LogP contribution in [0.15, 0.2) is 46.9 Å². The highest BCUT2D eigenvalue weighted by Gasteiger charge is 2.07. The number of benzene rings is 2. The molecule has 25 heavy (non-hydrogen) atoms. The SMILES string of the molecule is Cc1ccc(CSCC(=O)NCC(=O)Nc2ccc(Br)c(C)c2)cc1. The summed E-state index contributed by atoms with van der Waals surface area (Å²) in [5, 5.41) is 5.41. The molecular weight excluding hydrogens is 400 g/mol. The molecule has 0 bridgehead atoms. The summed E-state index contributed by atoms with van der Waals surface area (Å²) >= 11 is 4.95. The van der Waals surface area contributed by atoms with Crippen LogP contribution in [0.3, 0.4) is 0 Å². The fraction of sp³-hybridized carbons (Fsp3) is 0.263. The Labute approximate surface area is 160 Å². The molecule has 0 aliphatic carbocycles. The molecule has 0 atom stereocenters. The smallest absolute Gasteiger partial charge is 0.243 e. The summed E-state index contributed by atoms with van der Waals surface area (Å²) in [4.78, 5) is 23.7. The third kappa shape index (κ3) is 6.92. The van der Waals surface area contributed by atoms with Gasteiger partial charge in [0.2, 0.25) is 11.8 Å². The van der Waals surface area contributed by atoms with Crippen LogP contribution in [-0.4, -0.2) is 24.1 Å². The topological polar surface area (TPSA) is 58.2 Å². The fourth-order valence-corrected chi connectivity index (χ4v) is 3.17. The van der Waals surface area contributed by atoms with Crippen LogP contribution in [0.25, 0.3) is 0 Å². The van der Waals surface area contributed by atoms with E-state index in [-0.39, 0.29) is 18.4 Å². The van der Waals surface area contributed by atoms with Crippen LogP contribution in [0.1, 0.15) is 16.7 Å². The number of thioether (sulfide) groups is 1. The van der Waals surface area contributed by atoms with Crippen LogP contribution < -0.4 is 10.6 Å². The molecular formula is C19H21BrN2O2S. The van der Waals surface area contributed by atoms with Crippen molar-refractivity contribution in [2.75, 3.05) is 17.6 Å². The van der Waals surface area contributed by atoms with Crippen LogP contribution >= 0.6 is 27.7 Å². The van der Waals surface area contributed by atoms with E-state index in [9.17, 15) is 9.59 Å². The highest BCUT2D eigenvalue weighted by atomic mass is 79.9. The Bertz CT molecular complexity index is 748. The van der Waals surface area contributed by atoms with E-state index in [1.165, 1.54) is 22.9 Å². The van der Waals surface area contributed by atoms with Gasteiger partial charge in [0.1, 0.15) is 0 Å². The molecule has 2 rings (SSSR count). The molecule has 0 radical (unpaired) electrons. The maximum atomic E-state index is 11.9. The molecule has 6 heteroatoms. The highest BCUT2D eigenvalue weighted by molar-refractivity contribution is 9.10. The number of hydrogen-bond donors (Lipinski definition) is 2. The van der Waals surface area contributed by atoms with Gasteiger partial charge in [0.25, 0.3) is 0 Å². The summed E-state index contributed by atoms with van der Waals surface area (Å²) in [5.41, 5.74) is 4.16. The minimum Gasteiger partial charge on any atom is -0.346 e. The number of amides is 2. The Hall–Kier alpha value is -1.79. The van der Waals surface area contributed by atoms with Crippen LogP contribution in [0.2, 0.25) is 0 Å². The molecule has 0 saturated carbocycles. The Kier molecular flexibility index (Phi) is 7.52. The number of hydrogen-bond acceptors (Lipinski definition) is 3. The van der Waals surface area contributed by atoms with Crippen LogP contribution in [0.4, 0.5) is 5.69 Å². The monoisotopic (exact) mass is 420 g/mol. The molecule has 0 saturated heterocycles. The zero-order chi connectivity index (χ0) is 18.2. The zero-order valence-electron chi connectivity index (χ0n) is 14.3. The van der Waals surface area contributed by atoms with E-state index in [0.29, 0.717) is 11.4 Å². The lowest BCUT2D eigenvalue weighted by molar-refractivity contribution is -0.122. The predicted molar refractivity (Wildman–Crippen MR) is 108 cm³/mol. The first-order valence-corrected chi connectivity index (χ1v) is 9.85. The number of nitrogens with one attached hydrogen (secondary N) is 2. The molecule has 0 aromatic heterocycles. The number of aryl methyl sites for hydroxylation is 2. The standard InChI is InChI=1S/C19H21BrN2O2S/c1-13-3-5-15(6-4-13)11-25-12-19(24)21-10-18(23)22-16-7-8-17(20)14(2)9-16/h3-9H,10-12H2,1-2H3,(H,21,24)(H,22,23). The van der Waals surface area contributed by atoms with Gasteiger partial charge < -0.3 is 10.6 Å². The average Bonchev–Trinajstić information content (AvgIpc) is 2.58. The third-order valence-corrected chi connectivity index (χ3v) is 5.40. The second-order valence-electron chi connectivity index (χ2n) is 5.77. The van der Waals surface area contributed by atoms with Crippen LogP contribution in [0, 0.1) is 13.8 Å². The first-order chi connectivity index (χ1) is 11.9. The van der Waals surface area contributed by atoms with Gasteiger partial charge in [-0.15, -0.1) is 11.8 Å². The van der Waals surface area contributed by atoms with Crippen molar-refractivity contribution < 1.29 is 9.59 Å². The van der Waals surface area contributed by atoms with Crippen molar-refractivity contribution >= 4 is 45.2 Å². The van der Waals surface area contributed by atoms with Crippen molar-refractivity contribution in [2.45, 2.75) is 19.6 Å². The number of carbonyl (C=O) groups excluding carboxylic acids is 2. The van der Waals surface area contributed by atoms with E-state index in [1.807, 2.05) is 32.0 Å². The van der Waals surface area contributed by atoms with Crippen molar-refractivity contribution in [3.05, 3.63) is 63.6 Å². The Morgan fingerprint density at radius 3 is 2.44 bits per heavy atom. The molecule has 0 unspecified atom stereocenters. The number of halogens is 1. The third-order valence-electron chi connectivity index (χ3n) is 3.51. The Morgan fingerprint density at radius 1 is 1.04 bits per heavy atom. The van der Waals surface area contributed by atoms with E-state index in [2.05, 4.69) is 50.8 Å². The van der Waals surface area contributed by atoms with E-state index >= 15 is 0 Å². The van der Waals surface area contributed by atoms with Gasteiger partial charge in [-0.25, -0.2) is 0 Å². The molecule has 4 nitrogen and oxygen atoms in total. The minimum absolute atomic E-state index is 0.0287. The van der Waals surface area contributed by atoms with Gasteiger partial charge in [-0.2, -0.15) is 0 Å². The molecule has 132 valence electrons. The summed E-state index contributed by atoms with van der Waals surface area (Å²) in [6.45, 7) is 3.97. The Balaban J connectivity index is 1.67. The maximum Gasteiger partial charge on any atom is 0.243 e. The minimum atomic E-state index is -0.237. The van der Waals surface area contributed by atoms with Crippen molar-refractivity contribution in [3.63, 3.8) is 0 Å². The van der Waals surface area contributed by atoms with E-state index in [0.717, 1.165) is 15.8 Å². The van der Waals surface area contributed by atoms with Gasteiger partial charge in [0, 0.05) is 15.9 Å². The van der Waals surface area contributed by atoms with E-state index in [1.54, 1.807) is 0 Å². The molecule has 0 aliphatic heterocycles. The largest absolute Gasteiger partial charge is 0.346 e. The maximum absolute atomic E-state index is 11.9. The molecule has 0 heterocycles. The molecule has 2 amide bonds. The summed E-state index contributed by atoms with van der Waals surface area (Å²) in [6, 6.07) is 13.8. The van der Waals surface area contributed by atoms with Crippen molar-refractivity contribution in [1.82, 2.24) is 5.32 Å². The van der Waals surface area contributed by atoms with Gasteiger partial charge in [0.05, 0.1) is 12.3 Å². The van der Waals surface area contributed by atoms with Gasteiger partial charge in [0.15, 0.2) is 0 Å². The average molecular weight is 421 g/mol. The zero-order valence-corrected chi connectivity index (χ0v) is 16.7. The molecule has 2 aromatic carbocycles. The lowest BCUT2D eigenvalue weighted by Gasteiger charge is -2.08. The summed E-state index contributed by atoms with van der Waals surface area (Å²) in [5.74, 6) is 0.731. The summed E-state index contributed by atoms with van der Waals surface area (Å²) < 4.78 is 0.990. The van der Waals surface area contributed by atoms with Gasteiger partial charge in [-0.1, -0.05) is 45.8 Å². The lowest BCUT2D eigenvalue weighted by atomic mass is 10.2. The summed E-state index contributed by atoms with van der Waals surface area (Å²) in [6.07, 6.45) is 0. The highest BCUT2D eigenvalue weighted by Crippen LogP contribution is 2.19. The quantitative estimate of drug-likeness (QED) is 0.709. The molecule has 0 aliphatic rings. The van der Waals surface area contributed by atoms with Crippen molar-refractivity contribution in [1.29, 1.82) is 0 Å². The van der Waals surface area contributed by atoms with Crippen molar-refractivity contribution in [2.24, 2.45) is 0 Å². The first-order valence-electron chi connectivity index (χ1n) is 7.90.